The standard InChI is InChI=1S/C26H22N4O2.H2S/c1-17-9-8-10-19-15-23(30(26(32)24(17)19)20-11-4-3-5-12-20)18(2)28-25(31)21-16-27-29-14-7-6-13-22(21)29;/h3-16,18H,1-2H3,(H,28,31);1H2/t18-;/m0./s1. The van der Waals surface area contributed by atoms with Crippen LogP contribution in [0.3, 0.4) is 0 Å². The van der Waals surface area contributed by atoms with Gasteiger partial charge in [0.25, 0.3) is 11.5 Å². The van der Waals surface area contributed by atoms with Crippen LogP contribution in [0.5, 0.6) is 0 Å². The molecule has 166 valence electrons. The molecule has 0 aliphatic heterocycles. The molecule has 7 heteroatoms. The second kappa shape index (κ2) is 8.96. The van der Waals surface area contributed by atoms with Crippen molar-refractivity contribution in [2.24, 2.45) is 0 Å². The molecule has 6 nitrogen and oxygen atoms in total. The lowest BCUT2D eigenvalue weighted by Crippen LogP contribution is -2.32. The molecule has 3 aromatic heterocycles. The summed E-state index contributed by atoms with van der Waals surface area (Å²) in [6.45, 7) is 3.83. The lowest BCUT2D eigenvalue weighted by Gasteiger charge is -2.21. The van der Waals surface area contributed by atoms with Gasteiger partial charge in [-0.15, -0.1) is 0 Å². The van der Waals surface area contributed by atoms with Gasteiger partial charge in [-0.25, -0.2) is 4.52 Å². The van der Waals surface area contributed by atoms with Crippen LogP contribution in [-0.2, 0) is 0 Å². The number of pyridine rings is 2. The summed E-state index contributed by atoms with van der Waals surface area (Å²) in [5.74, 6) is -0.241. The van der Waals surface area contributed by atoms with Gasteiger partial charge >= 0.3 is 0 Å². The van der Waals surface area contributed by atoms with Gasteiger partial charge in [-0.05, 0) is 55.1 Å². The molecule has 1 N–H and O–H groups in total. The molecular formula is C26H24N4O2S. The summed E-state index contributed by atoms with van der Waals surface area (Å²) in [4.78, 5) is 26.7. The van der Waals surface area contributed by atoms with Crippen molar-refractivity contribution in [3.05, 3.63) is 112 Å². The zero-order valence-corrected chi connectivity index (χ0v) is 19.3. The minimum atomic E-state index is -0.418. The maximum Gasteiger partial charge on any atom is 0.263 e. The number of benzene rings is 2. The van der Waals surface area contributed by atoms with Crippen LogP contribution >= 0.6 is 13.5 Å². The maximum absolute atomic E-state index is 13.6. The van der Waals surface area contributed by atoms with Crippen LogP contribution in [0.4, 0.5) is 0 Å². The number of aryl methyl sites for hydroxylation is 1. The molecule has 0 fully saturated rings. The number of aromatic nitrogens is 3. The van der Waals surface area contributed by atoms with E-state index in [1.807, 2.05) is 86.6 Å². The summed E-state index contributed by atoms with van der Waals surface area (Å²) in [6.07, 6.45) is 3.36. The first-order chi connectivity index (χ1) is 15.5. The van der Waals surface area contributed by atoms with E-state index in [0.717, 1.165) is 22.2 Å². The Balaban J connectivity index is 0.00000259. The molecule has 0 aliphatic carbocycles. The van der Waals surface area contributed by atoms with Crippen LogP contribution < -0.4 is 10.9 Å². The van der Waals surface area contributed by atoms with Gasteiger partial charge < -0.3 is 5.32 Å². The highest BCUT2D eigenvalue weighted by Crippen LogP contribution is 2.23. The topological polar surface area (TPSA) is 68.4 Å². The third kappa shape index (κ3) is 3.91. The van der Waals surface area contributed by atoms with Crippen LogP contribution in [0.2, 0.25) is 0 Å². The summed E-state index contributed by atoms with van der Waals surface area (Å²) >= 11 is 0. The van der Waals surface area contributed by atoms with Gasteiger partial charge in [0.2, 0.25) is 0 Å². The zero-order chi connectivity index (χ0) is 22.2. The van der Waals surface area contributed by atoms with Gasteiger partial charge in [0, 0.05) is 17.6 Å². The van der Waals surface area contributed by atoms with Crippen molar-refractivity contribution in [3.63, 3.8) is 0 Å². The number of carbonyl (C=O) groups is 1. The molecule has 0 saturated heterocycles. The fraction of sp³-hybridized carbons (Fsp3) is 0.115. The number of hydrogen-bond donors (Lipinski definition) is 1. The van der Waals surface area contributed by atoms with E-state index in [0.29, 0.717) is 16.6 Å². The lowest BCUT2D eigenvalue weighted by atomic mass is 10.0. The predicted octanol–water partition coefficient (Wildman–Crippen LogP) is 4.55. The molecule has 33 heavy (non-hydrogen) atoms. The van der Waals surface area contributed by atoms with Crippen LogP contribution in [0.25, 0.3) is 22.0 Å². The van der Waals surface area contributed by atoms with Gasteiger partial charge in [-0.3, -0.25) is 14.2 Å². The third-order valence-electron chi connectivity index (χ3n) is 5.76. The van der Waals surface area contributed by atoms with Gasteiger partial charge in [-0.2, -0.15) is 18.6 Å². The number of amides is 1. The first kappa shape index (κ1) is 22.4. The van der Waals surface area contributed by atoms with E-state index in [1.165, 1.54) is 0 Å². The van der Waals surface area contributed by atoms with E-state index >= 15 is 0 Å². The highest BCUT2D eigenvalue weighted by molar-refractivity contribution is 7.59. The minimum Gasteiger partial charge on any atom is -0.344 e. The molecule has 0 unspecified atom stereocenters. The Morgan fingerprint density at radius 2 is 1.76 bits per heavy atom. The molecule has 0 aliphatic rings. The Morgan fingerprint density at radius 1 is 1.00 bits per heavy atom. The molecule has 0 radical (unpaired) electrons. The molecule has 5 rings (SSSR count). The predicted molar refractivity (Wildman–Crippen MR) is 136 cm³/mol. The highest BCUT2D eigenvalue weighted by Gasteiger charge is 2.20. The first-order valence-corrected chi connectivity index (χ1v) is 10.5. The van der Waals surface area contributed by atoms with E-state index in [4.69, 9.17) is 0 Å². The summed E-state index contributed by atoms with van der Waals surface area (Å²) < 4.78 is 3.36. The van der Waals surface area contributed by atoms with E-state index < -0.39 is 6.04 Å². The molecule has 0 saturated carbocycles. The Labute approximate surface area is 197 Å². The van der Waals surface area contributed by atoms with Crippen molar-refractivity contribution in [2.75, 3.05) is 0 Å². The largest absolute Gasteiger partial charge is 0.344 e. The summed E-state index contributed by atoms with van der Waals surface area (Å²) in [7, 11) is 0. The SMILES string of the molecule is Cc1cccc2cc([C@H](C)NC(=O)c3cnn4ccccc34)n(-c3ccccc3)c(=O)c12.S. The van der Waals surface area contributed by atoms with Crippen molar-refractivity contribution in [3.8, 4) is 5.69 Å². The number of carbonyl (C=O) groups excluding carboxylic acids is 1. The summed E-state index contributed by atoms with van der Waals surface area (Å²) in [6, 6.07) is 22.5. The molecular weight excluding hydrogens is 432 g/mol. The third-order valence-corrected chi connectivity index (χ3v) is 5.76. The van der Waals surface area contributed by atoms with Crippen molar-refractivity contribution < 1.29 is 4.79 Å². The minimum absolute atomic E-state index is 0. The van der Waals surface area contributed by atoms with Gasteiger partial charge in [0.05, 0.1) is 28.7 Å². The van der Waals surface area contributed by atoms with Crippen LogP contribution in [-0.4, -0.2) is 20.1 Å². The number of hydrogen-bond acceptors (Lipinski definition) is 3. The average Bonchev–Trinajstić information content (AvgIpc) is 3.24. The van der Waals surface area contributed by atoms with Crippen molar-refractivity contribution >= 4 is 35.7 Å². The Hall–Kier alpha value is -3.84. The van der Waals surface area contributed by atoms with Gasteiger partial charge in [0.1, 0.15) is 0 Å². The van der Waals surface area contributed by atoms with Crippen molar-refractivity contribution in [2.45, 2.75) is 19.9 Å². The number of fused-ring (bicyclic) bond motifs is 2. The van der Waals surface area contributed by atoms with Crippen molar-refractivity contribution in [1.29, 1.82) is 0 Å². The Morgan fingerprint density at radius 3 is 2.55 bits per heavy atom. The quantitative estimate of drug-likeness (QED) is 0.431. The monoisotopic (exact) mass is 456 g/mol. The molecule has 5 aromatic rings. The van der Waals surface area contributed by atoms with E-state index in [9.17, 15) is 9.59 Å². The number of nitrogens with zero attached hydrogens (tertiary/aromatic N) is 3. The fourth-order valence-electron chi connectivity index (χ4n) is 4.18. The summed E-state index contributed by atoms with van der Waals surface area (Å²) in [5.41, 5.74) is 3.51. The maximum atomic E-state index is 13.6. The van der Waals surface area contributed by atoms with Crippen LogP contribution in [0.1, 0.15) is 34.6 Å². The molecule has 1 amide bonds. The average molecular weight is 457 g/mol. The number of rotatable bonds is 4. The first-order valence-electron chi connectivity index (χ1n) is 10.5. The van der Waals surface area contributed by atoms with Gasteiger partial charge in [-0.1, -0.05) is 42.5 Å². The smallest absolute Gasteiger partial charge is 0.263 e. The normalized spacial score (nSPS) is 11.8. The molecule has 0 bridgehead atoms. The van der Waals surface area contributed by atoms with E-state index in [1.54, 1.807) is 21.5 Å². The number of nitrogens with one attached hydrogen (secondary N) is 1. The van der Waals surface area contributed by atoms with E-state index in [2.05, 4.69) is 10.4 Å². The highest BCUT2D eigenvalue weighted by atomic mass is 32.1. The number of para-hydroxylation sites is 1. The summed E-state index contributed by atoms with van der Waals surface area (Å²) in [5, 5.41) is 8.84. The Kier molecular flexibility index (Phi) is 6.07. The second-order valence-electron chi connectivity index (χ2n) is 7.87. The zero-order valence-electron chi connectivity index (χ0n) is 18.3. The Bertz CT molecular complexity index is 1520. The molecule has 1 atom stereocenters. The molecule has 2 aromatic carbocycles. The van der Waals surface area contributed by atoms with Crippen molar-refractivity contribution in [1.82, 2.24) is 19.5 Å². The van der Waals surface area contributed by atoms with Crippen LogP contribution in [0, 0.1) is 6.92 Å². The van der Waals surface area contributed by atoms with Crippen LogP contribution in [0.15, 0.2) is 90.0 Å². The van der Waals surface area contributed by atoms with Gasteiger partial charge in [0.15, 0.2) is 0 Å². The second-order valence-corrected chi connectivity index (χ2v) is 7.87. The molecule has 0 spiro atoms. The molecule has 3 heterocycles. The lowest BCUT2D eigenvalue weighted by molar-refractivity contribution is 0.0940. The van der Waals surface area contributed by atoms with E-state index in [-0.39, 0.29) is 25.0 Å². The fourth-order valence-corrected chi connectivity index (χ4v) is 4.18.